The third kappa shape index (κ3) is 5.00. The average Bonchev–Trinajstić information content (AvgIpc) is 2.87. The number of nitrogens with zero attached hydrogens (tertiary/aromatic N) is 2. The van der Waals surface area contributed by atoms with Crippen molar-refractivity contribution in [1.82, 2.24) is 9.55 Å². The minimum absolute atomic E-state index is 0.522. The zero-order valence-electron chi connectivity index (χ0n) is 13.8. The molecule has 1 aliphatic carbocycles. The standard InChI is InChI=1S/C16H28N2O2Si/c1-19-16-17-15(14-8-6-5-7-9-14)12-18(16)13-20-10-11-21(2,3)4/h8,12H,5-7,9-11,13H2,1-4H3. The van der Waals surface area contributed by atoms with Crippen molar-refractivity contribution in [2.24, 2.45) is 0 Å². The lowest BCUT2D eigenvalue weighted by molar-refractivity contribution is 0.0809. The number of ether oxygens (including phenoxy) is 2. The number of allylic oxidation sites excluding steroid dienone is 2. The van der Waals surface area contributed by atoms with E-state index in [0.29, 0.717) is 12.7 Å². The topological polar surface area (TPSA) is 36.3 Å². The van der Waals surface area contributed by atoms with E-state index in [-0.39, 0.29) is 0 Å². The molecule has 0 spiro atoms. The van der Waals surface area contributed by atoms with Crippen molar-refractivity contribution in [3.63, 3.8) is 0 Å². The number of aromatic nitrogens is 2. The molecule has 5 heteroatoms. The quantitative estimate of drug-likeness (QED) is 0.560. The third-order valence-corrected chi connectivity index (χ3v) is 5.47. The number of methoxy groups -OCH3 is 1. The van der Waals surface area contributed by atoms with Gasteiger partial charge >= 0.3 is 0 Å². The molecule has 0 aliphatic heterocycles. The highest BCUT2D eigenvalue weighted by atomic mass is 28.3. The molecule has 0 N–H and O–H groups in total. The molecule has 1 aliphatic rings. The fourth-order valence-electron chi connectivity index (χ4n) is 2.42. The van der Waals surface area contributed by atoms with Crippen LogP contribution in [0.1, 0.15) is 31.4 Å². The first-order valence-electron chi connectivity index (χ1n) is 7.88. The molecule has 0 unspecified atom stereocenters. The van der Waals surface area contributed by atoms with E-state index in [9.17, 15) is 0 Å². The van der Waals surface area contributed by atoms with E-state index < -0.39 is 8.07 Å². The molecule has 1 aromatic heterocycles. The van der Waals surface area contributed by atoms with Gasteiger partial charge in [0, 0.05) is 20.9 Å². The summed E-state index contributed by atoms with van der Waals surface area (Å²) in [7, 11) is 0.637. The second kappa shape index (κ2) is 7.27. The molecule has 118 valence electrons. The van der Waals surface area contributed by atoms with Gasteiger partial charge in [-0.05, 0) is 37.3 Å². The van der Waals surface area contributed by atoms with Crippen LogP contribution in [0, 0.1) is 0 Å². The molecule has 4 nitrogen and oxygen atoms in total. The van der Waals surface area contributed by atoms with Crippen LogP contribution in [-0.4, -0.2) is 31.3 Å². The minimum Gasteiger partial charge on any atom is -0.468 e. The Hall–Kier alpha value is -1.07. The summed E-state index contributed by atoms with van der Waals surface area (Å²) in [5.74, 6) is 0. The highest BCUT2D eigenvalue weighted by Crippen LogP contribution is 2.27. The molecule has 0 amide bonds. The molecule has 1 heterocycles. The van der Waals surface area contributed by atoms with Crippen molar-refractivity contribution in [2.75, 3.05) is 13.7 Å². The molecule has 0 saturated carbocycles. The van der Waals surface area contributed by atoms with Gasteiger partial charge in [-0.1, -0.05) is 25.7 Å². The van der Waals surface area contributed by atoms with Crippen LogP contribution in [-0.2, 0) is 11.5 Å². The molecular weight excluding hydrogens is 280 g/mol. The largest absolute Gasteiger partial charge is 0.468 e. The first-order chi connectivity index (χ1) is 9.99. The van der Waals surface area contributed by atoms with Crippen molar-refractivity contribution >= 4 is 13.6 Å². The third-order valence-electron chi connectivity index (χ3n) is 3.77. The summed E-state index contributed by atoms with van der Waals surface area (Å²) in [5.41, 5.74) is 2.39. The molecule has 0 aromatic carbocycles. The molecule has 0 bridgehead atoms. The van der Waals surface area contributed by atoms with Gasteiger partial charge in [-0.2, -0.15) is 4.98 Å². The molecule has 0 fully saturated rings. The Balaban J connectivity index is 1.95. The van der Waals surface area contributed by atoms with E-state index >= 15 is 0 Å². The van der Waals surface area contributed by atoms with Crippen molar-refractivity contribution in [3.8, 4) is 6.01 Å². The number of imidazole rings is 1. The van der Waals surface area contributed by atoms with Crippen LogP contribution in [0.4, 0.5) is 0 Å². The maximum absolute atomic E-state index is 5.80. The molecule has 1 aromatic rings. The van der Waals surface area contributed by atoms with Gasteiger partial charge in [0.25, 0.3) is 6.01 Å². The molecule has 0 radical (unpaired) electrons. The Labute approximate surface area is 129 Å². The summed E-state index contributed by atoms with van der Waals surface area (Å²) in [5, 5.41) is 0. The molecule has 2 rings (SSSR count). The van der Waals surface area contributed by atoms with E-state index in [0.717, 1.165) is 25.1 Å². The van der Waals surface area contributed by atoms with Crippen molar-refractivity contribution in [2.45, 2.75) is 58.1 Å². The van der Waals surface area contributed by atoms with Gasteiger partial charge < -0.3 is 9.47 Å². The smallest absolute Gasteiger partial charge is 0.298 e. The summed E-state index contributed by atoms with van der Waals surface area (Å²) < 4.78 is 13.1. The van der Waals surface area contributed by atoms with Gasteiger partial charge in [0.1, 0.15) is 6.73 Å². The van der Waals surface area contributed by atoms with Crippen molar-refractivity contribution in [3.05, 3.63) is 18.0 Å². The van der Waals surface area contributed by atoms with Gasteiger partial charge in [0.05, 0.1) is 12.8 Å². The second-order valence-electron chi connectivity index (χ2n) is 6.91. The first kappa shape index (κ1) is 16.3. The van der Waals surface area contributed by atoms with Gasteiger partial charge in [0.2, 0.25) is 0 Å². The molecular formula is C16H28N2O2Si. The first-order valence-corrected chi connectivity index (χ1v) is 11.6. The highest BCUT2D eigenvalue weighted by Gasteiger charge is 2.15. The summed E-state index contributed by atoms with van der Waals surface area (Å²) in [6, 6.07) is 1.83. The average molecular weight is 308 g/mol. The Bertz CT molecular complexity index is 489. The zero-order chi connectivity index (χ0) is 15.3. The number of rotatable bonds is 7. The SMILES string of the molecule is COc1nc(C2=CCCCC2)cn1COCC[Si](C)(C)C. The van der Waals surface area contributed by atoms with Gasteiger partial charge in [-0.15, -0.1) is 0 Å². The summed E-state index contributed by atoms with van der Waals surface area (Å²) in [6.45, 7) is 8.43. The summed E-state index contributed by atoms with van der Waals surface area (Å²) >= 11 is 0. The normalized spacial score (nSPS) is 15.9. The van der Waals surface area contributed by atoms with E-state index in [2.05, 4.69) is 36.9 Å². The van der Waals surface area contributed by atoms with E-state index in [1.54, 1.807) is 7.11 Å². The monoisotopic (exact) mass is 308 g/mol. The van der Waals surface area contributed by atoms with Crippen LogP contribution < -0.4 is 4.74 Å². The molecule has 21 heavy (non-hydrogen) atoms. The maximum Gasteiger partial charge on any atom is 0.298 e. The van der Waals surface area contributed by atoms with Gasteiger partial charge in [0.15, 0.2) is 0 Å². The Kier molecular flexibility index (Phi) is 5.64. The highest BCUT2D eigenvalue weighted by molar-refractivity contribution is 6.76. The van der Waals surface area contributed by atoms with Crippen molar-refractivity contribution < 1.29 is 9.47 Å². The van der Waals surface area contributed by atoms with Gasteiger partial charge in [-0.25, -0.2) is 0 Å². The fourth-order valence-corrected chi connectivity index (χ4v) is 3.18. The number of hydrogen-bond acceptors (Lipinski definition) is 3. The second-order valence-corrected chi connectivity index (χ2v) is 12.5. The zero-order valence-corrected chi connectivity index (χ0v) is 14.8. The lowest BCUT2D eigenvalue weighted by Crippen LogP contribution is -2.22. The number of hydrogen-bond donors (Lipinski definition) is 0. The van der Waals surface area contributed by atoms with E-state index in [1.165, 1.54) is 24.5 Å². The Morgan fingerprint density at radius 2 is 2.10 bits per heavy atom. The Morgan fingerprint density at radius 3 is 2.71 bits per heavy atom. The Morgan fingerprint density at radius 1 is 1.29 bits per heavy atom. The van der Waals surface area contributed by atoms with Crippen LogP contribution in [0.2, 0.25) is 25.7 Å². The minimum atomic E-state index is -1.03. The van der Waals surface area contributed by atoms with Crippen molar-refractivity contribution in [1.29, 1.82) is 0 Å². The van der Waals surface area contributed by atoms with E-state index in [1.807, 2.05) is 4.57 Å². The van der Waals surface area contributed by atoms with Crippen LogP contribution in [0.5, 0.6) is 6.01 Å². The molecule has 0 saturated heterocycles. The summed E-state index contributed by atoms with van der Waals surface area (Å²) in [4.78, 5) is 4.58. The fraction of sp³-hybridized carbons (Fsp3) is 0.688. The van der Waals surface area contributed by atoms with Crippen LogP contribution in [0.15, 0.2) is 12.3 Å². The molecule has 0 atom stereocenters. The summed E-state index contributed by atoms with van der Waals surface area (Å²) in [6.07, 6.45) is 9.20. The maximum atomic E-state index is 5.80. The predicted octanol–water partition coefficient (Wildman–Crippen LogP) is 4.16. The lowest BCUT2D eigenvalue weighted by Gasteiger charge is -2.15. The van der Waals surface area contributed by atoms with Crippen LogP contribution in [0.3, 0.4) is 0 Å². The van der Waals surface area contributed by atoms with Gasteiger partial charge in [-0.3, -0.25) is 4.57 Å². The predicted molar refractivity (Wildman–Crippen MR) is 89.3 cm³/mol. The van der Waals surface area contributed by atoms with Crippen LogP contribution in [0.25, 0.3) is 5.57 Å². The van der Waals surface area contributed by atoms with Crippen LogP contribution >= 0.6 is 0 Å². The lowest BCUT2D eigenvalue weighted by atomic mass is 9.98. The van der Waals surface area contributed by atoms with E-state index in [4.69, 9.17) is 9.47 Å².